The fourth-order valence-electron chi connectivity index (χ4n) is 1.32. The van der Waals surface area contributed by atoms with Crippen molar-refractivity contribution in [3.63, 3.8) is 0 Å². The van der Waals surface area contributed by atoms with E-state index in [9.17, 15) is 4.39 Å². The first-order chi connectivity index (χ1) is 6.59. The van der Waals surface area contributed by atoms with Crippen molar-refractivity contribution in [2.45, 2.75) is 19.9 Å². The van der Waals surface area contributed by atoms with Gasteiger partial charge in [-0.3, -0.25) is 4.68 Å². The summed E-state index contributed by atoms with van der Waals surface area (Å²) in [5.41, 5.74) is 0.727. The summed E-state index contributed by atoms with van der Waals surface area (Å²) in [5.74, 6) is -0.400. The molecule has 1 heterocycles. The molecule has 0 spiro atoms. The zero-order valence-electron chi connectivity index (χ0n) is 7.96. The van der Waals surface area contributed by atoms with Crippen molar-refractivity contribution in [3.8, 4) is 0 Å². The number of fused-ring (bicyclic) bond motifs is 1. The number of benzene rings is 1. The summed E-state index contributed by atoms with van der Waals surface area (Å²) >= 11 is 5.82. The van der Waals surface area contributed by atoms with Crippen molar-refractivity contribution in [2.75, 3.05) is 0 Å². The van der Waals surface area contributed by atoms with Gasteiger partial charge in [0.25, 0.3) is 0 Å². The topological polar surface area (TPSA) is 17.8 Å². The van der Waals surface area contributed by atoms with Gasteiger partial charge in [-0.1, -0.05) is 11.6 Å². The van der Waals surface area contributed by atoms with E-state index < -0.39 is 5.82 Å². The minimum absolute atomic E-state index is 0.148. The first-order valence-electron chi connectivity index (χ1n) is 4.42. The molecule has 0 unspecified atom stereocenters. The molecule has 2 aromatic rings. The van der Waals surface area contributed by atoms with Crippen LogP contribution in [0.5, 0.6) is 0 Å². The summed E-state index contributed by atoms with van der Waals surface area (Å²) in [4.78, 5) is 0. The Bertz CT molecular complexity index is 476. The first-order valence-corrected chi connectivity index (χ1v) is 4.80. The maximum Gasteiger partial charge on any atom is 0.142 e. The number of aromatic nitrogens is 2. The normalized spacial score (nSPS) is 11.5. The number of halogens is 2. The molecular weight excluding hydrogens is 203 g/mol. The van der Waals surface area contributed by atoms with Crippen LogP contribution >= 0.6 is 11.6 Å². The molecule has 0 aliphatic rings. The third-order valence-corrected chi connectivity index (χ3v) is 2.51. The second-order valence-electron chi connectivity index (χ2n) is 3.50. The van der Waals surface area contributed by atoms with Crippen molar-refractivity contribution in [2.24, 2.45) is 0 Å². The van der Waals surface area contributed by atoms with E-state index in [1.54, 1.807) is 16.9 Å². The lowest BCUT2D eigenvalue weighted by Gasteiger charge is -2.02. The van der Waals surface area contributed by atoms with Crippen molar-refractivity contribution >= 4 is 22.5 Å². The van der Waals surface area contributed by atoms with Crippen molar-refractivity contribution in [1.29, 1.82) is 0 Å². The Labute approximate surface area is 86.3 Å². The molecule has 0 N–H and O–H groups in total. The van der Waals surface area contributed by atoms with Gasteiger partial charge in [-0.2, -0.15) is 5.10 Å². The van der Waals surface area contributed by atoms with Crippen LogP contribution in [0.15, 0.2) is 18.3 Å². The van der Waals surface area contributed by atoms with Crippen molar-refractivity contribution in [1.82, 2.24) is 9.78 Å². The molecule has 0 fully saturated rings. The molecule has 74 valence electrons. The lowest BCUT2D eigenvalue weighted by atomic mass is 10.2. The van der Waals surface area contributed by atoms with E-state index in [1.807, 2.05) is 13.8 Å². The van der Waals surface area contributed by atoms with Crippen LogP contribution in [0.3, 0.4) is 0 Å². The lowest BCUT2D eigenvalue weighted by Crippen LogP contribution is -1.99. The van der Waals surface area contributed by atoms with E-state index in [2.05, 4.69) is 5.10 Å². The second kappa shape index (κ2) is 3.24. The highest BCUT2D eigenvalue weighted by Gasteiger charge is 2.09. The van der Waals surface area contributed by atoms with E-state index in [-0.39, 0.29) is 11.1 Å². The summed E-state index contributed by atoms with van der Waals surface area (Å²) in [5, 5.41) is 5.09. The fraction of sp³-hybridized carbons (Fsp3) is 0.300. The van der Waals surface area contributed by atoms with E-state index >= 15 is 0 Å². The largest absolute Gasteiger partial charge is 0.269 e. The molecule has 1 aromatic carbocycles. The molecular formula is C10H10ClFN2. The maximum atomic E-state index is 13.1. The SMILES string of the molecule is CC(C)n1cc2c(Cl)c(F)ccc2n1. The van der Waals surface area contributed by atoms with Crippen molar-refractivity contribution < 1.29 is 4.39 Å². The molecule has 0 saturated carbocycles. The molecule has 4 heteroatoms. The van der Waals surface area contributed by atoms with Crippen LogP contribution in [0.4, 0.5) is 4.39 Å². The summed E-state index contributed by atoms with van der Waals surface area (Å²) in [7, 11) is 0. The third-order valence-electron chi connectivity index (χ3n) is 2.12. The maximum absolute atomic E-state index is 13.1. The summed E-state index contributed by atoms with van der Waals surface area (Å²) in [6.45, 7) is 4.02. The molecule has 0 atom stereocenters. The second-order valence-corrected chi connectivity index (χ2v) is 3.87. The van der Waals surface area contributed by atoms with Gasteiger partial charge < -0.3 is 0 Å². The predicted molar refractivity (Wildman–Crippen MR) is 55.1 cm³/mol. The van der Waals surface area contributed by atoms with Crippen LogP contribution < -0.4 is 0 Å². The average Bonchev–Trinajstić information content (AvgIpc) is 2.56. The predicted octanol–water partition coefficient (Wildman–Crippen LogP) is 3.41. The van der Waals surface area contributed by atoms with Crippen LogP contribution in [0.2, 0.25) is 5.02 Å². The van der Waals surface area contributed by atoms with Gasteiger partial charge in [0.2, 0.25) is 0 Å². The molecule has 14 heavy (non-hydrogen) atoms. The number of nitrogens with zero attached hydrogens (tertiary/aromatic N) is 2. The first kappa shape index (κ1) is 9.46. The Morgan fingerprint density at radius 1 is 1.43 bits per heavy atom. The van der Waals surface area contributed by atoms with Crippen LogP contribution in [0, 0.1) is 5.82 Å². The Kier molecular flexibility index (Phi) is 2.19. The fourth-order valence-corrected chi connectivity index (χ4v) is 1.52. The smallest absolute Gasteiger partial charge is 0.142 e. The van der Waals surface area contributed by atoms with E-state index in [1.165, 1.54) is 6.07 Å². The highest BCUT2D eigenvalue weighted by molar-refractivity contribution is 6.35. The highest BCUT2D eigenvalue weighted by Crippen LogP contribution is 2.26. The van der Waals surface area contributed by atoms with Crippen LogP contribution in [0.25, 0.3) is 10.9 Å². The molecule has 2 rings (SSSR count). The van der Waals surface area contributed by atoms with Gasteiger partial charge in [0.15, 0.2) is 0 Å². The number of hydrogen-bond acceptors (Lipinski definition) is 1. The lowest BCUT2D eigenvalue weighted by molar-refractivity contribution is 0.537. The van der Waals surface area contributed by atoms with Crippen molar-refractivity contribution in [3.05, 3.63) is 29.2 Å². The van der Waals surface area contributed by atoms with Gasteiger partial charge in [-0.15, -0.1) is 0 Å². The quantitative estimate of drug-likeness (QED) is 0.709. The summed E-state index contributed by atoms with van der Waals surface area (Å²) in [6, 6.07) is 3.22. The molecule has 0 aliphatic carbocycles. The molecule has 0 saturated heterocycles. The van der Waals surface area contributed by atoms with Crippen LogP contribution in [-0.2, 0) is 0 Å². The molecule has 0 bridgehead atoms. The molecule has 0 radical (unpaired) electrons. The van der Waals surface area contributed by atoms with Gasteiger partial charge >= 0.3 is 0 Å². The van der Waals surface area contributed by atoms with E-state index in [0.717, 1.165) is 5.52 Å². The zero-order chi connectivity index (χ0) is 10.3. The Morgan fingerprint density at radius 3 is 2.79 bits per heavy atom. The average molecular weight is 213 g/mol. The number of rotatable bonds is 1. The Hall–Kier alpha value is -1.09. The van der Waals surface area contributed by atoms with Gasteiger partial charge in [-0.05, 0) is 26.0 Å². The van der Waals surface area contributed by atoms with Gasteiger partial charge in [-0.25, -0.2) is 4.39 Å². The number of hydrogen-bond donors (Lipinski definition) is 0. The molecule has 2 nitrogen and oxygen atoms in total. The third kappa shape index (κ3) is 1.38. The minimum atomic E-state index is -0.400. The summed E-state index contributed by atoms with van der Waals surface area (Å²) < 4.78 is 14.9. The van der Waals surface area contributed by atoms with Crippen LogP contribution in [-0.4, -0.2) is 9.78 Å². The highest BCUT2D eigenvalue weighted by atomic mass is 35.5. The Balaban J connectivity index is 2.71. The van der Waals surface area contributed by atoms with E-state index in [4.69, 9.17) is 11.6 Å². The molecule has 1 aromatic heterocycles. The van der Waals surface area contributed by atoms with Crippen LogP contribution in [0.1, 0.15) is 19.9 Å². The van der Waals surface area contributed by atoms with Gasteiger partial charge in [0.05, 0.1) is 10.5 Å². The standard InChI is InChI=1S/C10H10ClFN2/c1-6(2)14-5-7-9(13-14)4-3-8(12)10(7)11/h3-6H,1-2H3. The molecule has 0 aliphatic heterocycles. The molecule has 0 amide bonds. The van der Waals surface area contributed by atoms with E-state index in [0.29, 0.717) is 5.39 Å². The summed E-state index contributed by atoms with van der Waals surface area (Å²) in [6.07, 6.45) is 1.77. The minimum Gasteiger partial charge on any atom is -0.269 e. The van der Waals surface area contributed by atoms with Gasteiger partial charge in [0, 0.05) is 17.6 Å². The van der Waals surface area contributed by atoms with Gasteiger partial charge in [0.1, 0.15) is 5.82 Å². The monoisotopic (exact) mass is 212 g/mol. The zero-order valence-corrected chi connectivity index (χ0v) is 8.72. The Morgan fingerprint density at radius 2 is 2.14 bits per heavy atom.